The van der Waals surface area contributed by atoms with Gasteiger partial charge in [0, 0.05) is 11.5 Å². The molecule has 1 aromatic heterocycles. The van der Waals surface area contributed by atoms with Crippen molar-refractivity contribution < 1.29 is 9.53 Å². The second-order valence-corrected chi connectivity index (χ2v) is 4.33. The lowest BCUT2D eigenvalue weighted by Crippen LogP contribution is -2.33. The number of carbonyl (C=O) groups excluding carboxylic acids is 1. The van der Waals surface area contributed by atoms with E-state index in [0.717, 1.165) is 19.4 Å². The largest absolute Gasteiger partial charge is 0.368 e. The Kier molecular flexibility index (Phi) is 3.16. The molecule has 1 aliphatic heterocycles. The van der Waals surface area contributed by atoms with Gasteiger partial charge in [-0.15, -0.1) is 11.3 Å². The molecule has 2 heterocycles. The van der Waals surface area contributed by atoms with E-state index in [1.54, 1.807) is 11.3 Å². The van der Waals surface area contributed by atoms with Crippen LogP contribution in [-0.4, -0.2) is 18.6 Å². The Morgan fingerprint density at radius 1 is 1.71 bits per heavy atom. The van der Waals surface area contributed by atoms with Crippen molar-refractivity contribution in [3.8, 4) is 0 Å². The molecule has 1 atom stereocenters. The van der Waals surface area contributed by atoms with E-state index in [-0.39, 0.29) is 12.0 Å². The molecule has 14 heavy (non-hydrogen) atoms. The predicted molar refractivity (Wildman–Crippen MR) is 55.1 cm³/mol. The maximum absolute atomic E-state index is 11.5. The zero-order valence-corrected chi connectivity index (χ0v) is 8.68. The lowest BCUT2D eigenvalue weighted by molar-refractivity contribution is -0.130. The first kappa shape index (κ1) is 9.68. The minimum Gasteiger partial charge on any atom is -0.368 e. The van der Waals surface area contributed by atoms with Gasteiger partial charge in [0.05, 0.1) is 6.54 Å². The van der Waals surface area contributed by atoms with Crippen LogP contribution in [0.15, 0.2) is 17.5 Å². The maximum atomic E-state index is 11.5. The monoisotopic (exact) mass is 211 g/mol. The van der Waals surface area contributed by atoms with Gasteiger partial charge in [0.2, 0.25) is 5.91 Å². The van der Waals surface area contributed by atoms with Crippen molar-refractivity contribution in [2.45, 2.75) is 25.5 Å². The molecule has 1 fully saturated rings. The Hall–Kier alpha value is -0.870. The van der Waals surface area contributed by atoms with Gasteiger partial charge in [-0.2, -0.15) is 0 Å². The number of hydrogen-bond acceptors (Lipinski definition) is 3. The zero-order valence-electron chi connectivity index (χ0n) is 7.86. The molecule has 2 rings (SSSR count). The van der Waals surface area contributed by atoms with Gasteiger partial charge in [0.1, 0.15) is 6.10 Å². The van der Waals surface area contributed by atoms with Crippen molar-refractivity contribution in [3.05, 3.63) is 22.4 Å². The standard InChI is InChI=1S/C10H13NO2S/c12-10(9-4-1-5-13-9)11-7-8-3-2-6-14-8/h2-3,6,9H,1,4-5,7H2,(H,11,12). The van der Waals surface area contributed by atoms with Gasteiger partial charge in [0.15, 0.2) is 0 Å². The molecule has 0 spiro atoms. The molecule has 3 nitrogen and oxygen atoms in total. The average Bonchev–Trinajstić information content (AvgIpc) is 2.87. The third kappa shape index (κ3) is 2.33. The molecular weight excluding hydrogens is 198 g/mol. The van der Waals surface area contributed by atoms with Crippen LogP contribution in [0, 0.1) is 0 Å². The fourth-order valence-corrected chi connectivity index (χ4v) is 2.13. The van der Waals surface area contributed by atoms with Crippen molar-refractivity contribution >= 4 is 17.2 Å². The van der Waals surface area contributed by atoms with Gasteiger partial charge < -0.3 is 10.1 Å². The van der Waals surface area contributed by atoms with Crippen molar-refractivity contribution in [2.75, 3.05) is 6.61 Å². The minimum absolute atomic E-state index is 0.0240. The van der Waals surface area contributed by atoms with Gasteiger partial charge in [-0.1, -0.05) is 6.07 Å². The summed E-state index contributed by atoms with van der Waals surface area (Å²) in [7, 11) is 0. The summed E-state index contributed by atoms with van der Waals surface area (Å²) in [4.78, 5) is 12.7. The molecule has 0 radical (unpaired) electrons. The lowest BCUT2D eigenvalue weighted by atomic mass is 10.2. The highest BCUT2D eigenvalue weighted by atomic mass is 32.1. The van der Waals surface area contributed by atoms with Crippen molar-refractivity contribution in [1.82, 2.24) is 5.32 Å². The molecule has 1 N–H and O–H groups in total. The first-order valence-corrected chi connectivity index (χ1v) is 5.66. The van der Waals surface area contributed by atoms with E-state index >= 15 is 0 Å². The van der Waals surface area contributed by atoms with Crippen molar-refractivity contribution in [3.63, 3.8) is 0 Å². The zero-order chi connectivity index (χ0) is 9.80. The fourth-order valence-electron chi connectivity index (χ4n) is 1.49. The molecule has 1 aromatic rings. The summed E-state index contributed by atoms with van der Waals surface area (Å²) in [5.74, 6) is 0.0240. The van der Waals surface area contributed by atoms with E-state index in [1.807, 2.05) is 17.5 Å². The Labute approximate surface area is 87.1 Å². The molecule has 0 aliphatic carbocycles. The molecule has 76 valence electrons. The van der Waals surface area contributed by atoms with Crippen LogP contribution >= 0.6 is 11.3 Å². The van der Waals surface area contributed by atoms with Crippen LogP contribution in [0.25, 0.3) is 0 Å². The smallest absolute Gasteiger partial charge is 0.249 e. The summed E-state index contributed by atoms with van der Waals surface area (Å²) in [6.07, 6.45) is 1.64. The Bertz CT molecular complexity index is 291. The van der Waals surface area contributed by atoms with Crippen LogP contribution in [0.4, 0.5) is 0 Å². The maximum Gasteiger partial charge on any atom is 0.249 e. The van der Waals surface area contributed by atoms with E-state index in [4.69, 9.17) is 4.74 Å². The molecule has 0 saturated carbocycles. The number of amides is 1. The molecule has 1 unspecified atom stereocenters. The van der Waals surface area contributed by atoms with Crippen LogP contribution in [0.5, 0.6) is 0 Å². The quantitative estimate of drug-likeness (QED) is 0.823. The van der Waals surface area contributed by atoms with Gasteiger partial charge in [0.25, 0.3) is 0 Å². The highest BCUT2D eigenvalue weighted by molar-refractivity contribution is 7.09. The van der Waals surface area contributed by atoms with E-state index < -0.39 is 0 Å². The summed E-state index contributed by atoms with van der Waals surface area (Å²) >= 11 is 1.65. The number of hydrogen-bond donors (Lipinski definition) is 1. The molecule has 0 bridgehead atoms. The molecule has 4 heteroatoms. The molecule has 1 saturated heterocycles. The Morgan fingerprint density at radius 3 is 3.29 bits per heavy atom. The molecular formula is C10H13NO2S. The van der Waals surface area contributed by atoms with Gasteiger partial charge >= 0.3 is 0 Å². The summed E-state index contributed by atoms with van der Waals surface area (Å²) in [5.41, 5.74) is 0. The van der Waals surface area contributed by atoms with Crippen molar-refractivity contribution in [2.24, 2.45) is 0 Å². The Balaban J connectivity index is 1.77. The Morgan fingerprint density at radius 2 is 2.64 bits per heavy atom. The number of nitrogens with one attached hydrogen (secondary N) is 1. The van der Waals surface area contributed by atoms with E-state index in [9.17, 15) is 4.79 Å². The topological polar surface area (TPSA) is 38.3 Å². The highest BCUT2D eigenvalue weighted by Gasteiger charge is 2.22. The molecule has 1 aliphatic rings. The number of rotatable bonds is 3. The normalized spacial score (nSPS) is 21.0. The molecule has 1 amide bonds. The second kappa shape index (κ2) is 4.57. The van der Waals surface area contributed by atoms with Crippen LogP contribution in [0.2, 0.25) is 0 Å². The summed E-state index contributed by atoms with van der Waals surface area (Å²) < 4.78 is 5.28. The van der Waals surface area contributed by atoms with Gasteiger partial charge in [-0.05, 0) is 24.3 Å². The summed E-state index contributed by atoms with van der Waals surface area (Å²) in [5, 5.41) is 4.88. The third-order valence-electron chi connectivity index (χ3n) is 2.24. The fraction of sp³-hybridized carbons (Fsp3) is 0.500. The first-order chi connectivity index (χ1) is 6.86. The van der Waals surface area contributed by atoms with Crippen LogP contribution in [0.1, 0.15) is 17.7 Å². The average molecular weight is 211 g/mol. The number of thiophene rings is 1. The second-order valence-electron chi connectivity index (χ2n) is 3.30. The highest BCUT2D eigenvalue weighted by Crippen LogP contribution is 2.12. The van der Waals surface area contributed by atoms with Crippen LogP contribution < -0.4 is 5.32 Å². The predicted octanol–water partition coefficient (Wildman–Crippen LogP) is 1.54. The SMILES string of the molecule is O=C(NCc1cccs1)C1CCCO1. The lowest BCUT2D eigenvalue weighted by Gasteiger charge is -2.08. The minimum atomic E-state index is -0.213. The summed E-state index contributed by atoms with van der Waals surface area (Å²) in [6.45, 7) is 1.34. The van der Waals surface area contributed by atoms with E-state index in [2.05, 4.69) is 5.32 Å². The number of ether oxygens (including phenoxy) is 1. The third-order valence-corrected chi connectivity index (χ3v) is 3.12. The number of carbonyl (C=O) groups is 1. The van der Waals surface area contributed by atoms with Crippen LogP contribution in [-0.2, 0) is 16.1 Å². The summed E-state index contributed by atoms with van der Waals surface area (Å²) in [6, 6.07) is 4.00. The van der Waals surface area contributed by atoms with Gasteiger partial charge in [-0.3, -0.25) is 4.79 Å². The van der Waals surface area contributed by atoms with Gasteiger partial charge in [-0.25, -0.2) is 0 Å². The van der Waals surface area contributed by atoms with Crippen LogP contribution in [0.3, 0.4) is 0 Å². The first-order valence-electron chi connectivity index (χ1n) is 4.78. The molecule has 0 aromatic carbocycles. The van der Waals surface area contributed by atoms with E-state index in [0.29, 0.717) is 6.54 Å². The van der Waals surface area contributed by atoms with Crippen molar-refractivity contribution in [1.29, 1.82) is 0 Å². The van der Waals surface area contributed by atoms with E-state index in [1.165, 1.54) is 4.88 Å².